The number of benzene rings is 1. The summed E-state index contributed by atoms with van der Waals surface area (Å²) in [5.41, 5.74) is 5.68. The first-order chi connectivity index (χ1) is 8.78. The zero-order valence-corrected chi connectivity index (χ0v) is 11.9. The number of ether oxygens (including phenoxy) is 1. The van der Waals surface area contributed by atoms with E-state index in [4.69, 9.17) is 10.5 Å². The fourth-order valence-electron chi connectivity index (χ4n) is 1.86. The van der Waals surface area contributed by atoms with E-state index < -0.39 is 5.60 Å². The van der Waals surface area contributed by atoms with E-state index in [9.17, 15) is 9.90 Å². The molecule has 19 heavy (non-hydrogen) atoms. The first-order valence-electron chi connectivity index (χ1n) is 6.23. The molecule has 5 nitrogen and oxygen atoms in total. The predicted octanol–water partition coefficient (Wildman–Crippen LogP) is 1.51. The molecule has 0 aromatic heterocycles. The molecule has 0 heterocycles. The lowest BCUT2D eigenvalue weighted by Crippen LogP contribution is -2.42. The Morgan fingerprint density at radius 2 is 2.11 bits per heavy atom. The second-order valence-electron chi connectivity index (χ2n) is 5.09. The van der Waals surface area contributed by atoms with Gasteiger partial charge in [0.25, 0.3) is 5.91 Å². The van der Waals surface area contributed by atoms with Gasteiger partial charge in [-0.2, -0.15) is 0 Å². The van der Waals surface area contributed by atoms with Crippen molar-refractivity contribution in [2.24, 2.45) is 0 Å². The van der Waals surface area contributed by atoms with Crippen LogP contribution in [0.2, 0.25) is 0 Å². The number of amides is 1. The molecule has 0 aliphatic heterocycles. The Morgan fingerprint density at radius 3 is 2.58 bits per heavy atom. The number of nitrogens with two attached hydrogens (primary N) is 1. The van der Waals surface area contributed by atoms with E-state index in [1.165, 1.54) is 7.11 Å². The molecule has 106 valence electrons. The monoisotopic (exact) mass is 266 g/mol. The van der Waals surface area contributed by atoms with Crippen LogP contribution in [0.1, 0.15) is 31.1 Å². The molecule has 0 radical (unpaired) electrons. The van der Waals surface area contributed by atoms with E-state index in [0.29, 0.717) is 23.5 Å². The molecule has 0 bridgehead atoms. The van der Waals surface area contributed by atoms with Gasteiger partial charge in [-0.25, -0.2) is 0 Å². The summed E-state index contributed by atoms with van der Waals surface area (Å²) in [7, 11) is 1.51. The highest BCUT2D eigenvalue weighted by atomic mass is 16.5. The van der Waals surface area contributed by atoms with Crippen molar-refractivity contribution in [2.45, 2.75) is 26.4 Å². The van der Waals surface area contributed by atoms with Crippen LogP contribution in [0.3, 0.4) is 0 Å². The van der Waals surface area contributed by atoms with E-state index in [1.54, 1.807) is 36.9 Å². The molecule has 0 saturated heterocycles. The van der Waals surface area contributed by atoms with E-state index in [2.05, 4.69) is 0 Å². The topological polar surface area (TPSA) is 75.8 Å². The van der Waals surface area contributed by atoms with Gasteiger partial charge in [0.1, 0.15) is 5.75 Å². The lowest BCUT2D eigenvalue weighted by atomic mass is 10.1. The number of hydrogen-bond acceptors (Lipinski definition) is 4. The van der Waals surface area contributed by atoms with Gasteiger partial charge in [-0.3, -0.25) is 4.79 Å². The number of carbonyl (C=O) groups excluding carboxylic acids is 1. The maximum absolute atomic E-state index is 12.5. The van der Waals surface area contributed by atoms with E-state index in [1.807, 2.05) is 6.92 Å². The van der Waals surface area contributed by atoms with Gasteiger partial charge in [0.05, 0.1) is 18.3 Å². The molecule has 0 atom stereocenters. The molecule has 0 aliphatic rings. The molecule has 1 rings (SSSR count). The van der Waals surface area contributed by atoms with Crippen LogP contribution in [0.15, 0.2) is 18.2 Å². The van der Waals surface area contributed by atoms with Crippen molar-refractivity contribution in [2.75, 3.05) is 25.9 Å². The van der Waals surface area contributed by atoms with Crippen molar-refractivity contribution in [3.63, 3.8) is 0 Å². The highest BCUT2D eigenvalue weighted by molar-refractivity contribution is 5.97. The summed E-state index contributed by atoms with van der Waals surface area (Å²) in [6, 6.07) is 4.94. The SMILES string of the molecule is CCN(CC(C)(C)O)C(=O)c1cc(N)ccc1OC. The molecule has 0 fully saturated rings. The van der Waals surface area contributed by atoms with Gasteiger partial charge < -0.3 is 20.5 Å². The Labute approximate surface area is 114 Å². The quantitative estimate of drug-likeness (QED) is 0.792. The third-order valence-electron chi connectivity index (χ3n) is 2.70. The van der Waals surface area contributed by atoms with E-state index in [0.717, 1.165) is 0 Å². The fourth-order valence-corrected chi connectivity index (χ4v) is 1.86. The maximum atomic E-state index is 12.5. The Morgan fingerprint density at radius 1 is 1.47 bits per heavy atom. The molecule has 1 aromatic rings. The molecule has 0 saturated carbocycles. The lowest BCUT2D eigenvalue weighted by Gasteiger charge is -2.28. The van der Waals surface area contributed by atoms with Crippen LogP contribution >= 0.6 is 0 Å². The smallest absolute Gasteiger partial charge is 0.257 e. The summed E-state index contributed by atoms with van der Waals surface area (Å²) in [6.45, 7) is 5.95. The van der Waals surface area contributed by atoms with Crippen LogP contribution in [0.5, 0.6) is 5.75 Å². The summed E-state index contributed by atoms with van der Waals surface area (Å²) in [6.07, 6.45) is 0. The van der Waals surface area contributed by atoms with Crippen LogP contribution < -0.4 is 10.5 Å². The lowest BCUT2D eigenvalue weighted by molar-refractivity contribution is 0.0313. The number of aliphatic hydroxyl groups is 1. The summed E-state index contributed by atoms with van der Waals surface area (Å²) < 4.78 is 5.18. The molecular weight excluding hydrogens is 244 g/mol. The highest BCUT2D eigenvalue weighted by Crippen LogP contribution is 2.23. The molecule has 1 aromatic carbocycles. The Balaban J connectivity index is 3.06. The van der Waals surface area contributed by atoms with Crippen molar-refractivity contribution in [1.82, 2.24) is 4.90 Å². The van der Waals surface area contributed by atoms with Gasteiger partial charge in [0, 0.05) is 18.8 Å². The summed E-state index contributed by atoms with van der Waals surface area (Å²) in [5, 5.41) is 9.85. The van der Waals surface area contributed by atoms with Gasteiger partial charge in [-0.1, -0.05) is 0 Å². The van der Waals surface area contributed by atoms with Crippen molar-refractivity contribution < 1.29 is 14.6 Å². The van der Waals surface area contributed by atoms with Gasteiger partial charge in [-0.05, 0) is 39.0 Å². The van der Waals surface area contributed by atoms with Crippen molar-refractivity contribution >= 4 is 11.6 Å². The molecule has 0 unspecified atom stereocenters. The first-order valence-corrected chi connectivity index (χ1v) is 6.23. The minimum Gasteiger partial charge on any atom is -0.496 e. The van der Waals surface area contributed by atoms with Gasteiger partial charge in [0.15, 0.2) is 0 Å². The van der Waals surface area contributed by atoms with Crippen LogP contribution in [0, 0.1) is 0 Å². The van der Waals surface area contributed by atoms with E-state index >= 15 is 0 Å². The summed E-state index contributed by atoms with van der Waals surface area (Å²) >= 11 is 0. The average molecular weight is 266 g/mol. The molecule has 0 aliphatic carbocycles. The van der Waals surface area contributed by atoms with Crippen LogP contribution in [0.4, 0.5) is 5.69 Å². The molecule has 3 N–H and O–H groups in total. The number of anilines is 1. The second-order valence-corrected chi connectivity index (χ2v) is 5.09. The Hall–Kier alpha value is -1.75. The van der Waals surface area contributed by atoms with Gasteiger partial charge in [-0.15, -0.1) is 0 Å². The van der Waals surface area contributed by atoms with Crippen molar-refractivity contribution in [1.29, 1.82) is 0 Å². The van der Waals surface area contributed by atoms with Crippen molar-refractivity contribution in [3.8, 4) is 5.75 Å². The highest BCUT2D eigenvalue weighted by Gasteiger charge is 2.24. The number of carbonyl (C=O) groups is 1. The number of hydrogen-bond donors (Lipinski definition) is 2. The largest absolute Gasteiger partial charge is 0.496 e. The zero-order chi connectivity index (χ0) is 14.6. The van der Waals surface area contributed by atoms with Crippen LogP contribution in [0.25, 0.3) is 0 Å². The van der Waals surface area contributed by atoms with Crippen LogP contribution in [-0.4, -0.2) is 41.7 Å². The molecular formula is C14H22N2O3. The molecule has 0 spiro atoms. The molecule has 1 amide bonds. The summed E-state index contributed by atoms with van der Waals surface area (Å²) in [4.78, 5) is 14.0. The fraction of sp³-hybridized carbons (Fsp3) is 0.500. The Bertz CT molecular complexity index is 452. The Kier molecular flexibility index (Phi) is 4.78. The number of nitrogens with zero attached hydrogens (tertiary/aromatic N) is 1. The predicted molar refractivity (Wildman–Crippen MR) is 75.3 cm³/mol. The minimum atomic E-state index is -0.945. The second kappa shape index (κ2) is 5.93. The number of rotatable bonds is 5. The van der Waals surface area contributed by atoms with Gasteiger partial charge >= 0.3 is 0 Å². The standard InChI is InChI=1S/C14H22N2O3/c1-5-16(9-14(2,3)18)13(17)11-8-10(15)6-7-12(11)19-4/h6-8,18H,5,9,15H2,1-4H3. The molecule has 5 heteroatoms. The third-order valence-corrected chi connectivity index (χ3v) is 2.70. The zero-order valence-electron chi connectivity index (χ0n) is 11.9. The number of likely N-dealkylation sites (N-methyl/N-ethyl adjacent to an activating group) is 1. The normalized spacial score (nSPS) is 11.2. The van der Waals surface area contributed by atoms with Gasteiger partial charge in [0.2, 0.25) is 0 Å². The minimum absolute atomic E-state index is 0.200. The van der Waals surface area contributed by atoms with Crippen molar-refractivity contribution in [3.05, 3.63) is 23.8 Å². The average Bonchev–Trinajstić information content (AvgIpc) is 2.34. The van der Waals surface area contributed by atoms with E-state index in [-0.39, 0.29) is 12.5 Å². The van der Waals surface area contributed by atoms with Crippen LogP contribution in [-0.2, 0) is 0 Å². The first kappa shape index (κ1) is 15.3. The maximum Gasteiger partial charge on any atom is 0.257 e. The summed E-state index contributed by atoms with van der Waals surface area (Å²) in [5.74, 6) is 0.280. The number of methoxy groups -OCH3 is 1. The third kappa shape index (κ3) is 4.13. The number of nitrogen functional groups attached to an aromatic ring is 1.